The van der Waals surface area contributed by atoms with E-state index >= 15 is 0 Å². The van der Waals surface area contributed by atoms with Crippen molar-refractivity contribution in [1.29, 1.82) is 0 Å². The number of amides is 1. The van der Waals surface area contributed by atoms with Crippen molar-refractivity contribution in [1.82, 2.24) is 5.32 Å². The molecule has 5 nitrogen and oxygen atoms in total. The molecule has 1 aromatic carbocycles. The number of aryl methyl sites for hydroxylation is 2. The van der Waals surface area contributed by atoms with Crippen LogP contribution in [-0.4, -0.2) is 31.1 Å². The Morgan fingerprint density at radius 3 is 2.36 bits per heavy atom. The van der Waals surface area contributed by atoms with E-state index in [0.29, 0.717) is 10.8 Å². The largest absolute Gasteiger partial charge is 0.484 e. The lowest BCUT2D eigenvalue weighted by Gasteiger charge is -2.11. The molecule has 0 saturated heterocycles. The fraction of sp³-hybridized carbons (Fsp3) is 0.500. The molecule has 6 heteroatoms. The zero-order valence-corrected chi connectivity index (χ0v) is 14.1. The van der Waals surface area contributed by atoms with Gasteiger partial charge >= 0.3 is 5.97 Å². The lowest BCUT2D eigenvalue weighted by molar-refractivity contribution is -0.147. The Labute approximate surface area is 135 Å². The summed E-state index contributed by atoms with van der Waals surface area (Å²) in [5.74, 6) is -0.0310. The molecule has 0 saturated carbocycles. The van der Waals surface area contributed by atoms with Gasteiger partial charge in [-0.25, -0.2) is 0 Å². The van der Waals surface area contributed by atoms with Gasteiger partial charge in [0.15, 0.2) is 6.61 Å². The lowest BCUT2D eigenvalue weighted by atomic mass is 10.1. The Morgan fingerprint density at radius 2 is 1.82 bits per heavy atom. The van der Waals surface area contributed by atoms with Gasteiger partial charge in [-0.2, -0.15) is 0 Å². The zero-order chi connectivity index (χ0) is 16.7. The lowest BCUT2D eigenvalue weighted by Crippen LogP contribution is -2.31. The van der Waals surface area contributed by atoms with Gasteiger partial charge in [-0.1, -0.05) is 11.6 Å². The van der Waals surface area contributed by atoms with Gasteiger partial charge in [0.1, 0.15) is 5.75 Å². The summed E-state index contributed by atoms with van der Waals surface area (Å²) < 4.78 is 10.4. The number of ether oxygens (including phenoxy) is 2. The van der Waals surface area contributed by atoms with Crippen molar-refractivity contribution in [3.63, 3.8) is 0 Å². The average Bonchev–Trinajstić information content (AvgIpc) is 2.41. The molecule has 0 aromatic heterocycles. The number of halogens is 1. The minimum Gasteiger partial charge on any atom is -0.484 e. The molecule has 0 bridgehead atoms. The molecule has 0 unspecified atom stereocenters. The maximum atomic E-state index is 11.6. The van der Waals surface area contributed by atoms with Crippen molar-refractivity contribution in [2.75, 3.05) is 13.2 Å². The Morgan fingerprint density at radius 1 is 1.23 bits per heavy atom. The highest BCUT2D eigenvalue weighted by Gasteiger charge is 2.08. The predicted octanol–water partition coefficient (Wildman–Crippen LogP) is 2.79. The molecule has 0 atom stereocenters. The van der Waals surface area contributed by atoms with Crippen molar-refractivity contribution in [3.8, 4) is 5.75 Å². The Kier molecular flexibility index (Phi) is 7.18. The molecule has 0 aliphatic carbocycles. The van der Waals surface area contributed by atoms with Crippen molar-refractivity contribution in [2.45, 2.75) is 40.2 Å². The van der Waals surface area contributed by atoms with Gasteiger partial charge in [-0.3, -0.25) is 9.59 Å². The minimum atomic E-state index is -0.333. The number of rotatable bonds is 7. The van der Waals surface area contributed by atoms with Gasteiger partial charge in [0.25, 0.3) is 5.91 Å². The molecule has 1 rings (SSSR count). The van der Waals surface area contributed by atoms with Crippen molar-refractivity contribution >= 4 is 23.5 Å². The SMILES string of the molecule is Cc1cc(OCC(=O)NCCC(=O)OC(C)C)cc(C)c1Cl. The van der Waals surface area contributed by atoms with Crippen molar-refractivity contribution in [2.24, 2.45) is 0 Å². The van der Waals surface area contributed by atoms with E-state index in [-0.39, 0.29) is 37.6 Å². The Balaban J connectivity index is 2.33. The third-order valence-corrected chi connectivity index (χ3v) is 3.39. The number of benzene rings is 1. The molecule has 0 aliphatic heterocycles. The van der Waals surface area contributed by atoms with Gasteiger partial charge in [-0.15, -0.1) is 0 Å². The second kappa shape index (κ2) is 8.63. The molecule has 1 amide bonds. The first-order valence-corrected chi connectivity index (χ1v) is 7.53. The van der Waals surface area contributed by atoms with Crippen molar-refractivity contribution < 1.29 is 19.1 Å². The van der Waals surface area contributed by atoms with E-state index in [1.54, 1.807) is 26.0 Å². The van der Waals surface area contributed by atoms with Crippen molar-refractivity contribution in [3.05, 3.63) is 28.3 Å². The van der Waals surface area contributed by atoms with Crippen LogP contribution in [0.2, 0.25) is 5.02 Å². The topological polar surface area (TPSA) is 64.6 Å². The highest BCUT2D eigenvalue weighted by Crippen LogP contribution is 2.25. The van der Waals surface area contributed by atoms with E-state index in [4.69, 9.17) is 21.1 Å². The van der Waals surface area contributed by atoms with Crippen LogP contribution in [-0.2, 0) is 14.3 Å². The van der Waals surface area contributed by atoms with Crippen LogP contribution in [0.4, 0.5) is 0 Å². The summed E-state index contributed by atoms with van der Waals surface area (Å²) in [5.41, 5.74) is 1.79. The average molecular weight is 328 g/mol. The van der Waals surface area contributed by atoms with Crippen LogP contribution >= 0.6 is 11.6 Å². The van der Waals surface area contributed by atoms with Crippen LogP contribution in [0.3, 0.4) is 0 Å². The first-order valence-electron chi connectivity index (χ1n) is 7.15. The van der Waals surface area contributed by atoms with Crippen LogP contribution in [0.5, 0.6) is 5.75 Å². The first-order chi connectivity index (χ1) is 10.3. The summed E-state index contributed by atoms with van der Waals surface area (Å²) in [6.07, 6.45) is -0.00813. The fourth-order valence-corrected chi connectivity index (χ4v) is 1.92. The van der Waals surface area contributed by atoms with E-state index in [0.717, 1.165) is 11.1 Å². The first kappa shape index (κ1) is 18.3. The van der Waals surface area contributed by atoms with Gasteiger partial charge in [0.05, 0.1) is 12.5 Å². The van der Waals surface area contributed by atoms with Gasteiger partial charge in [0.2, 0.25) is 0 Å². The number of nitrogens with one attached hydrogen (secondary N) is 1. The maximum absolute atomic E-state index is 11.6. The van der Waals surface area contributed by atoms with E-state index < -0.39 is 0 Å². The van der Waals surface area contributed by atoms with Crippen LogP contribution in [0.1, 0.15) is 31.4 Å². The molecular formula is C16H22ClNO4. The molecule has 1 aromatic rings. The van der Waals surface area contributed by atoms with Crippen LogP contribution in [0, 0.1) is 13.8 Å². The number of esters is 1. The van der Waals surface area contributed by atoms with Gasteiger partial charge < -0.3 is 14.8 Å². The molecule has 122 valence electrons. The highest BCUT2D eigenvalue weighted by atomic mass is 35.5. The predicted molar refractivity (Wildman–Crippen MR) is 85.3 cm³/mol. The number of hydrogen-bond donors (Lipinski definition) is 1. The standard InChI is InChI=1S/C16H22ClNO4/c1-10(2)22-15(20)5-6-18-14(19)9-21-13-7-11(3)16(17)12(4)8-13/h7-8,10H,5-6,9H2,1-4H3,(H,18,19). The second-order valence-corrected chi connectivity index (χ2v) is 5.68. The quantitative estimate of drug-likeness (QED) is 0.782. The summed E-state index contributed by atoms with van der Waals surface area (Å²) in [4.78, 5) is 22.9. The van der Waals surface area contributed by atoms with E-state index in [1.807, 2.05) is 13.8 Å². The smallest absolute Gasteiger partial charge is 0.307 e. The summed E-state index contributed by atoms with van der Waals surface area (Å²) in [7, 11) is 0. The van der Waals surface area contributed by atoms with E-state index in [2.05, 4.69) is 5.32 Å². The molecule has 0 radical (unpaired) electrons. The summed E-state index contributed by atoms with van der Waals surface area (Å²) in [6.45, 7) is 7.43. The molecule has 22 heavy (non-hydrogen) atoms. The second-order valence-electron chi connectivity index (χ2n) is 5.30. The maximum Gasteiger partial charge on any atom is 0.307 e. The number of hydrogen-bond acceptors (Lipinski definition) is 4. The van der Waals surface area contributed by atoms with Crippen LogP contribution in [0.15, 0.2) is 12.1 Å². The molecule has 1 N–H and O–H groups in total. The highest BCUT2D eigenvalue weighted by molar-refractivity contribution is 6.32. The van der Waals surface area contributed by atoms with E-state index in [9.17, 15) is 9.59 Å². The molecule has 0 spiro atoms. The summed E-state index contributed by atoms with van der Waals surface area (Å²) in [5, 5.41) is 3.30. The van der Waals surface area contributed by atoms with Crippen LogP contribution in [0.25, 0.3) is 0 Å². The van der Waals surface area contributed by atoms with E-state index in [1.165, 1.54) is 0 Å². The number of carbonyl (C=O) groups is 2. The Bertz CT molecular complexity index is 520. The number of carbonyl (C=O) groups excluding carboxylic acids is 2. The molecule has 0 aliphatic rings. The van der Waals surface area contributed by atoms with Crippen LogP contribution < -0.4 is 10.1 Å². The zero-order valence-electron chi connectivity index (χ0n) is 13.4. The molecule has 0 heterocycles. The summed E-state index contributed by atoms with van der Waals surface area (Å²) in [6, 6.07) is 3.56. The Hall–Kier alpha value is -1.75. The van der Waals surface area contributed by atoms with Gasteiger partial charge in [0, 0.05) is 11.6 Å². The monoisotopic (exact) mass is 327 g/mol. The third kappa shape index (κ3) is 6.35. The normalized spacial score (nSPS) is 10.5. The third-order valence-electron chi connectivity index (χ3n) is 2.80. The summed E-state index contributed by atoms with van der Waals surface area (Å²) >= 11 is 6.07. The molecule has 0 fully saturated rings. The van der Waals surface area contributed by atoms with Gasteiger partial charge in [-0.05, 0) is 51.0 Å². The molecular weight excluding hydrogens is 306 g/mol. The minimum absolute atomic E-state index is 0.111. The fourth-order valence-electron chi connectivity index (χ4n) is 1.82.